The van der Waals surface area contributed by atoms with E-state index in [1.807, 2.05) is 0 Å². The van der Waals surface area contributed by atoms with Crippen LogP contribution in [-0.4, -0.2) is 22.2 Å². The first-order valence-electron chi connectivity index (χ1n) is 4.79. The smallest absolute Gasteiger partial charge is 0.0573 e. The largest absolute Gasteiger partial charge is 0.412 e. The molecule has 0 aromatic carbocycles. The second kappa shape index (κ2) is 6.35. The Bertz CT molecular complexity index is 125. The van der Waals surface area contributed by atoms with Crippen LogP contribution in [0.1, 0.15) is 40.0 Å². The molecule has 13 heavy (non-hydrogen) atoms. The van der Waals surface area contributed by atoms with Gasteiger partial charge in [-0.3, -0.25) is 0 Å². The molecule has 3 heteroatoms. The lowest BCUT2D eigenvalue weighted by atomic mass is 9.75. The van der Waals surface area contributed by atoms with E-state index in [2.05, 4.69) is 20.8 Å². The monoisotopic (exact) mass is 192 g/mol. The maximum Gasteiger partial charge on any atom is 0.0573 e. The van der Waals surface area contributed by atoms with Crippen LogP contribution in [0.5, 0.6) is 0 Å². The Kier molecular flexibility index (Phi) is 7.50. The Morgan fingerprint density at radius 2 is 1.69 bits per heavy atom. The lowest BCUT2D eigenvalue weighted by Gasteiger charge is -2.33. The normalized spacial score (nSPS) is 33.5. The third-order valence-corrected chi connectivity index (χ3v) is 2.99. The van der Waals surface area contributed by atoms with Gasteiger partial charge in [-0.25, -0.2) is 0 Å². The summed E-state index contributed by atoms with van der Waals surface area (Å²) >= 11 is 0. The Morgan fingerprint density at radius 3 is 2.08 bits per heavy atom. The van der Waals surface area contributed by atoms with Crippen LogP contribution in [0.4, 0.5) is 0 Å². The molecule has 0 aliphatic heterocycles. The fourth-order valence-electron chi connectivity index (χ4n) is 2.15. The van der Waals surface area contributed by atoms with E-state index in [0.717, 1.165) is 12.3 Å². The molecule has 0 aromatic heterocycles. The third-order valence-electron chi connectivity index (χ3n) is 2.99. The molecule has 1 rings (SSSR count). The quantitative estimate of drug-likeness (QED) is 0.654. The molecule has 1 fully saturated rings. The number of hydrogen-bond donors (Lipinski definition) is 1. The van der Waals surface area contributed by atoms with Crippen molar-refractivity contribution in [3.05, 3.63) is 0 Å². The highest BCUT2D eigenvalue weighted by Crippen LogP contribution is 2.33. The summed E-state index contributed by atoms with van der Waals surface area (Å²) in [6.07, 6.45) is 3.52. The highest BCUT2D eigenvalue weighted by Gasteiger charge is 2.28. The summed E-state index contributed by atoms with van der Waals surface area (Å²) in [5.41, 5.74) is 0. The summed E-state index contributed by atoms with van der Waals surface area (Å²) in [5.74, 6) is 1.95. The van der Waals surface area contributed by atoms with Crippen LogP contribution in [0, 0.1) is 17.8 Å². The van der Waals surface area contributed by atoms with Gasteiger partial charge in [-0.05, 0) is 30.6 Å². The maximum absolute atomic E-state index is 9.71. The van der Waals surface area contributed by atoms with Crippen molar-refractivity contribution in [3.63, 3.8) is 0 Å². The van der Waals surface area contributed by atoms with Crippen molar-refractivity contribution in [1.29, 1.82) is 0 Å². The molecular formula is C10H24O3. The molecule has 1 aliphatic carbocycles. The summed E-state index contributed by atoms with van der Waals surface area (Å²) in [7, 11) is 0. The molecule has 1 aliphatic rings. The van der Waals surface area contributed by atoms with Crippen molar-refractivity contribution >= 4 is 0 Å². The van der Waals surface area contributed by atoms with E-state index in [0.29, 0.717) is 11.8 Å². The minimum atomic E-state index is -0.0289. The average molecular weight is 192 g/mol. The number of aliphatic hydroxyl groups is 1. The number of aliphatic hydroxyl groups excluding tert-OH is 1. The van der Waals surface area contributed by atoms with Gasteiger partial charge in [0.05, 0.1) is 6.10 Å². The zero-order valence-electron chi connectivity index (χ0n) is 8.88. The van der Waals surface area contributed by atoms with Crippen molar-refractivity contribution in [2.75, 3.05) is 0 Å². The van der Waals surface area contributed by atoms with Crippen molar-refractivity contribution in [2.24, 2.45) is 17.8 Å². The molecule has 3 nitrogen and oxygen atoms in total. The van der Waals surface area contributed by atoms with Crippen LogP contribution in [0.3, 0.4) is 0 Å². The summed E-state index contributed by atoms with van der Waals surface area (Å²) < 4.78 is 0. The molecule has 0 amide bonds. The van der Waals surface area contributed by atoms with Gasteiger partial charge in [-0.1, -0.05) is 27.2 Å². The van der Waals surface area contributed by atoms with Gasteiger partial charge in [0.25, 0.3) is 0 Å². The first-order valence-corrected chi connectivity index (χ1v) is 4.79. The van der Waals surface area contributed by atoms with E-state index >= 15 is 0 Å². The first-order chi connectivity index (χ1) is 5.11. The molecule has 82 valence electrons. The SMILES string of the molecule is CC1CCC(C(C)C)C(O)C1.O.O. The fraction of sp³-hybridized carbons (Fsp3) is 1.00. The van der Waals surface area contributed by atoms with Gasteiger partial charge in [-0.2, -0.15) is 0 Å². The predicted octanol–water partition coefficient (Wildman–Crippen LogP) is 0.790. The maximum atomic E-state index is 9.71. The van der Waals surface area contributed by atoms with Gasteiger partial charge < -0.3 is 16.1 Å². The van der Waals surface area contributed by atoms with Crippen molar-refractivity contribution < 1.29 is 16.1 Å². The zero-order valence-corrected chi connectivity index (χ0v) is 8.88. The molecule has 0 heterocycles. The van der Waals surface area contributed by atoms with Crippen molar-refractivity contribution in [2.45, 2.75) is 46.1 Å². The van der Waals surface area contributed by atoms with Crippen LogP contribution in [0.2, 0.25) is 0 Å². The van der Waals surface area contributed by atoms with Crippen LogP contribution in [-0.2, 0) is 0 Å². The number of hydrogen-bond acceptors (Lipinski definition) is 1. The average Bonchev–Trinajstić information content (AvgIpc) is 1.85. The molecular weight excluding hydrogens is 168 g/mol. The Labute approximate surface area is 80.8 Å². The molecule has 3 atom stereocenters. The van der Waals surface area contributed by atoms with Crippen LogP contribution in [0.15, 0.2) is 0 Å². The van der Waals surface area contributed by atoms with Crippen LogP contribution in [0.25, 0.3) is 0 Å². The first kappa shape index (κ1) is 15.4. The highest BCUT2D eigenvalue weighted by molar-refractivity contribution is 4.79. The van der Waals surface area contributed by atoms with Crippen molar-refractivity contribution in [3.8, 4) is 0 Å². The van der Waals surface area contributed by atoms with Gasteiger partial charge >= 0.3 is 0 Å². The van der Waals surface area contributed by atoms with Gasteiger partial charge in [-0.15, -0.1) is 0 Å². The minimum absolute atomic E-state index is 0. The van der Waals surface area contributed by atoms with E-state index < -0.39 is 0 Å². The molecule has 0 radical (unpaired) electrons. The zero-order chi connectivity index (χ0) is 8.43. The van der Waals surface area contributed by atoms with Gasteiger partial charge in [0.1, 0.15) is 0 Å². The molecule has 3 unspecified atom stereocenters. The van der Waals surface area contributed by atoms with E-state index in [1.54, 1.807) is 0 Å². The highest BCUT2D eigenvalue weighted by atomic mass is 16.3. The van der Waals surface area contributed by atoms with E-state index in [9.17, 15) is 5.11 Å². The van der Waals surface area contributed by atoms with E-state index in [4.69, 9.17) is 0 Å². The van der Waals surface area contributed by atoms with Gasteiger partial charge in [0.15, 0.2) is 0 Å². The number of rotatable bonds is 1. The summed E-state index contributed by atoms with van der Waals surface area (Å²) in [6.45, 7) is 6.66. The van der Waals surface area contributed by atoms with Gasteiger partial charge in [0, 0.05) is 0 Å². The topological polar surface area (TPSA) is 83.2 Å². The molecule has 0 spiro atoms. The summed E-state index contributed by atoms with van der Waals surface area (Å²) in [6, 6.07) is 0. The summed E-state index contributed by atoms with van der Waals surface area (Å²) in [5, 5.41) is 9.71. The molecule has 1 saturated carbocycles. The molecule has 0 aromatic rings. The minimum Gasteiger partial charge on any atom is -0.412 e. The second-order valence-electron chi connectivity index (χ2n) is 4.39. The fourth-order valence-corrected chi connectivity index (χ4v) is 2.15. The van der Waals surface area contributed by atoms with E-state index in [-0.39, 0.29) is 17.1 Å². The standard InChI is InChI=1S/C10H20O.2H2O/c1-7(2)9-5-4-8(3)6-10(9)11;;/h7-11H,4-6H2,1-3H3;2*1H2. The van der Waals surface area contributed by atoms with Crippen molar-refractivity contribution in [1.82, 2.24) is 0 Å². The molecule has 0 bridgehead atoms. The lowest BCUT2D eigenvalue weighted by Crippen LogP contribution is -2.31. The van der Waals surface area contributed by atoms with Crippen LogP contribution < -0.4 is 0 Å². The Balaban J connectivity index is 0. The Morgan fingerprint density at radius 1 is 1.15 bits per heavy atom. The van der Waals surface area contributed by atoms with Crippen LogP contribution >= 0.6 is 0 Å². The van der Waals surface area contributed by atoms with Gasteiger partial charge in [0.2, 0.25) is 0 Å². The second-order valence-corrected chi connectivity index (χ2v) is 4.39. The molecule has 5 N–H and O–H groups in total. The molecule has 0 saturated heterocycles. The Hall–Kier alpha value is -0.120. The van der Waals surface area contributed by atoms with E-state index in [1.165, 1.54) is 12.8 Å². The summed E-state index contributed by atoms with van der Waals surface area (Å²) in [4.78, 5) is 0. The third kappa shape index (κ3) is 4.07. The lowest BCUT2D eigenvalue weighted by molar-refractivity contribution is 0.0266. The predicted molar refractivity (Wildman–Crippen MR) is 54.6 cm³/mol.